The Bertz CT molecular complexity index is 778. The van der Waals surface area contributed by atoms with Crippen LogP contribution in [0.3, 0.4) is 0 Å². The lowest BCUT2D eigenvalue weighted by Gasteiger charge is -2.33. The summed E-state index contributed by atoms with van der Waals surface area (Å²) in [5.74, 6) is 0.628. The highest BCUT2D eigenvalue weighted by Gasteiger charge is 2.26. The molecule has 1 unspecified atom stereocenters. The molecule has 1 aliphatic carbocycles. The van der Waals surface area contributed by atoms with E-state index < -0.39 is 9.85 Å². The van der Waals surface area contributed by atoms with Gasteiger partial charge < -0.3 is 0 Å². The summed E-state index contributed by atoms with van der Waals surface area (Å²) < 4.78 is 0. The van der Waals surface area contributed by atoms with Crippen LogP contribution in [0.25, 0.3) is 0 Å². The number of nitrogens with zero attached hydrogens (tertiary/aromatic N) is 3. The van der Waals surface area contributed by atoms with Crippen molar-refractivity contribution in [3.63, 3.8) is 0 Å². The highest BCUT2D eigenvalue weighted by Crippen LogP contribution is 2.37. The maximum atomic E-state index is 11.2. The molecule has 0 radical (unpaired) electrons. The summed E-state index contributed by atoms with van der Waals surface area (Å²) in [6.07, 6.45) is 5.18. The highest BCUT2D eigenvalue weighted by molar-refractivity contribution is 5.98. The zero-order valence-electron chi connectivity index (χ0n) is 15.5. The fraction of sp³-hybridized carbons (Fsp3) is 0.500. The number of hydrogen-bond acceptors (Lipinski definition) is 6. The molecule has 140 valence electrons. The van der Waals surface area contributed by atoms with Crippen molar-refractivity contribution in [2.24, 2.45) is 16.4 Å². The molecular formula is C18H24N4O4. The fourth-order valence-corrected chi connectivity index (χ4v) is 3.04. The van der Waals surface area contributed by atoms with E-state index in [4.69, 9.17) is 0 Å². The number of allylic oxidation sites excluding steroid dienone is 2. The molecular weight excluding hydrogens is 336 g/mol. The summed E-state index contributed by atoms with van der Waals surface area (Å²) in [7, 11) is 0. The van der Waals surface area contributed by atoms with E-state index in [0.29, 0.717) is 5.92 Å². The van der Waals surface area contributed by atoms with Crippen LogP contribution in [0.2, 0.25) is 0 Å². The van der Waals surface area contributed by atoms with E-state index in [1.807, 2.05) is 6.92 Å². The first-order valence-corrected chi connectivity index (χ1v) is 8.52. The van der Waals surface area contributed by atoms with E-state index in [-0.39, 0.29) is 22.5 Å². The Morgan fingerprint density at radius 3 is 2.42 bits per heavy atom. The zero-order chi connectivity index (χ0) is 19.5. The van der Waals surface area contributed by atoms with Gasteiger partial charge in [0.1, 0.15) is 5.69 Å². The minimum absolute atomic E-state index is 0.129. The van der Waals surface area contributed by atoms with Crippen LogP contribution in [0.4, 0.5) is 17.1 Å². The Kier molecular flexibility index (Phi) is 5.74. The number of rotatable bonds is 5. The van der Waals surface area contributed by atoms with Crippen LogP contribution in [0.1, 0.15) is 47.0 Å². The molecule has 0 bridgehead atoms. The number of non-ortho nitro benzene ring substituents is 1. The lowest BCUT2D eigenvalue weighted by molar-refractivity contribution is -0.393. The smallest absolute Gasteiger partial charge is 0.271 e. The molecule has 8 heteroatoms. The third-order valence-corrected chi connectivity index (χ3v) is 4.83. The molecule has 26 heavy (non-hydrogen) atoms. The van der Waals surface area contributed by atoms with Gasteiger partial charge in [-0.05, 0) is 49.2 Å². The average Bonchev–Trinajstić information content (AvgIpc) is 2.58. The largest absolute Gasteiger partial charge is 0.301 e. The van der Waals surface area contributed by atoms with Gasteiger partial charge in [-0.2, -0.15) is 5.10 Å². The second-order valence-electron chi connectivity index (χ2n) is 7.59. The number of nitrogens with one attached hydrogen (secondary N) is 1. The first-order chi connectivity index (χ1) is 12.1. The number of anilines is 1. The monoisotopic (exact) mass is 360 g/mol. The Balaban J connectivity index is 2.16. The van der Waals surface area contributed by atoms with Crippen LogP contribution < -0.4 is 5.43 Å². The van der Waals surface area contributed by atoms with Crippen LogP contribution in [0.5, 0.6) is 0 Å². The molecule has 8 nitrogen and oxygen atoms in total. The first kappa shape index (κ1) is 19.6. The van der Waals surface area contributed by atoms with E-state index in [0.717, 1.165) is 36.6 Å². The summed E-state index contributed by atoms with van der Waals surface area (Å²) >= 11 is 0. The van der Waals surface area contributed by atoms with Gasteiger partial charge in [0.25, 0.3) is 5.69 Å². The molecule has 0 aromatic heterocycles. The van der Waals surface area contributed by atoms with Crippen LogP contribution >= 0.6 is 0 Å². The lowest BCUT2D eigenvalue weighted by atomic mass is 9.73. The molecule has 1 aromatic rings. The lowest BCUT2D eigenvalue weighted by Crippen LogP contribution is -2.23. The normalized spacial score (nSPS) is 18.2. The standard InChI is InChI=1S/C18H24N4O4/c1-12(13-5-7-14(8-6-13)18(2,3)4)19-20-16-10-9-15(21(23)24)11-17(16)22(25)26/h5,9-11,14,20H,6-8H2,1-4H3/b19-12+. The SMILES string of the molecule is C/C(=N\Nc1ccc([N+](=O)[O-])cc1[N+](=O)[O-])C1=CCC(C(C)(C)C)CC1. The van der Waals surface area contributed by atoms with Gasteiger partial charge in [-0.25, -0.2) is 0 Å². The molecule has 0 spiro atoms. The second kappa shape index (κ2) is 7.63. The van der Waals surface area contributed by atoms with Crippen LogP contribution in [0, 0.1) is 31.6 Å². The molecule has 0 aliphatic heterocycles. The summed E-state index contributed by atoms with van der Waals surface area (Å²) in [5.41, 5.74) is 4.27. The molecule has 0 amide bonds. The van der Waals surface area contributed by atoms with Gasteiger partial charge in [0, 0.05) is 6.07 Å². The van der Waals surface area contributed by atoms with Crippen molar-refractivity contribution in [3.8, 4) is 0 Å². The minimum atomic E-state index is -0.663. The highest BCUT2D eigenvalue weighted by atomic mass is 16.6. The minimum Gasteiger partial charge on any atom is -0.271 e. The topological polar surface area (TPSA) is 111 Å². The molecule has 2 rings (SSSR count). The van der Waals surface area contributed by atoms with Crippen molar-refractivity contribution in [3.05, 3.63) is 50.1 Å². The van der Waals surface area contributed by atoms with E-state index in [2.05, 4.69) is 37.4 Å². The molecule has 1 aromatic carbocycles. The molecule has 0 fully saturated rings. The predicted octanol–water partition coefficient (Wildman–Crippen LogP) is 5.06. The molecule has 0 saturated heterocycles. The summed E-state index contributed by atoms with van der Waals surface area (Å²) in [4.78, 5) is 20.6. The predicted molar refractivity (Wildman–Crippen MR) is 101 cm³/mol. The molecule has 1 aliphatic rings. The molecule has 1 atom stereocenters. The summed E-state index contributed by atoms with van der Waals surface area (Å²) in [6, 6.07) is 3.45. The number of nitro benzene ring substituents is 2. The second-order valence-corrected chi connectivity index (χ2v) is 7.59. The Morgan fingerprint density at radius 2 is 1.92 bits per heavy atom. The van der Waals surface area contributed by atoms with Gasteiger partial charge in [0.05, 0.1) is 21.6 Å². The van der Waals surface area contributed by atoms with Gasteiger partial charge in [0.2, 0.25) is 0 Å². The van der Waals surface area contributed by atoms with E-state index in [1.54, 1.807) is 0 Å². The Labute approximate surface area is 152 Å². The van der Waals surface area contributed by atoms with Gasteiger partial charge in [-0.15, -0.1) is 0 Å². The number of nitro groups is 2. The van der Waals surface area contributed by atoms with Crippen LogP contribution in [-0.4, -0.2) is 15.6 Å². The molecule has 1 N–H and O–H groups in total. The summed E-state index contributed by atoms with van der Waals surface area (Å²) in [6.45, 7) is 8.58. The molecule has 0 heterocycles. The maximum Gasteiger partial charge on any atom is 0.301 e. The van der Waals surface area contributed by atoms with Gasteiger partial charge in [-0.1, -0.05) is 26.8 Å². The zero-order valence-corrected chi connectivity index (χ0v) is 15.5. The van der Waals surface area contributed by atoms with E-state index >= 15 is 0 Å². The quantitative estimate of drug-likeness (QED) is 0.448. The average molecular weight is 360 g/mol. The van der Waals surface area contributed by atoms with Crippen molar-refractivity contribution >= 4 is 22.8 Å². The van der Waals surface area contributed by atoms with Gasteiger partial charge in [0.15, 0.2) is 0 Å². The fourth-order valence-electron chi connectivity index (χ4n) is 3.04. The van der Waals surface area contributed by atoms with Gasteiger partial charge in [-0.3, -0.25) is 25.7 Å². The third kappa shape index (κ3) is 4.65. The number of hydrazone groups is 1. The van der Waals surface area contributed by atoms with Crippen molar-refractivity contribution < 1.29 is 9.85 Å². The first-order valence-electron chi connectivity index (χ1n) is 8.52. The van der Waals surface area contributed by atoms with Crippen molar-refractivity contribution in [1.82, 2.24) is 0 Å². The Hall–Kier alpha value is -2.77. The number of hydrogen-bond donors (Lipinski definition) is 1. The molecule has 0 saturated carbocycles. The van der Waals surface area contributed by atoms with Crippen LogP contribution in [-0.2, 0) is 0 Å². The van der Waals surface area contributed by atoms with Crippen molar-refractivity contribution in [1.29, 1.82) is 0 Å². The van der Waals surface area contributed by atoms with E-state index in [1.165, 1.54) is 12.1 Å². The summed E-state index contributed by atoms with van der Waals surface area (Å²) in [5, 5.41) is 26.2. The van der Waals surface area contributed by atoms with Crippen LogP contribution in [0.15, 0.2) is 34.9 Å². The Morgan fingerprint density at radius 1 is 1.23 bits per heavy atom. The van der Waals surface area contributed by atoms with Crippen molar-refractivity contribution in [2.75, 3.05) is 5.43 Å². The van der Waals surface area contributed by atoms with Gasteiger partial charge >= 0.3 is 5.69 Å². The van der Waals surface area contributed by atoms with Crippen molar-refractivity contribution in [2.45, 2.75) is 47.0 Å². The van der Waals surface area contributed by atoms with E-state index in [9.17, 15) is 20.2 Å². The third-order valence-electron chi connectivity index (χ3n) is 4.83. The number of benzene rings is 1. The maximum absolute atomic E-state index is 11.2.